The third-order valence-corrected chi connectivity index (χ3v) is 4.20. The van der Waals surface area contributed by atoms with E-state index in [-0.39, 0.29) is 31.0 Å². The van der Waals surface area contributed by atoms with E-state index >= 15 is 0 Å². The Kier molecular flexibility index (Phi) is 6.73. The molecule has 0 aliphatic carbocycles. The Labute approximate surface area is 146 Å². The third kappa shape index (κ3) is 5.74. The number of likely N-dealkylation sites (tertiary alicyclic amines) is 1. The van der Waals surface area contributed by atoms with E-state index in [9.17, 15) is 14.4 Å². The highest BCUT2D eigenvalue weighted by atomic mass is 16.5. The van der Waals surface area contributed by atoms with Crippen LogP contribution in [-0.4, -0.2) is 70.0 Å². The second kappa shape index (κ2) is 9.00. The number of aliphatic carboxylic acids is 1. The number of hydrogen-bond acceptors (Lipinski definition) is 5. The van der Waals surface area contributed by atoms with Crippen molar-refractivity contribution in [1.82, 2.24) is 14.8 Å². The van der Waals surface area contributed by atoms with Gasteiger partial charge in [0.25, 0.3) is 5.91 Å². The average Bonchev–Trinajstić information content (AvgIpc) is 2.84. The second-order valence-corrected chi connectivity index (χ2v) is 5.98. The molecule has 0 aromatic carbocycles. The van der Waals surface area contributed by atoms with Gasteiger partial charge in [0, 0.05) is 32.3 Å². The van der Waals surface area contributed by atoms with Gasteiger partial charge < -0.3 is 19.6 Å². The second-order valence-electron chi connectivity index (χ2n) is 5.98. The molecule has 8 heteroatoms. The number of carboxylic acids is 1. The number of nitrogens with zero attached hydrogens (tertiary/aromatic N) is 3. The SMILES string of the molecule is CC(=O)N(CC(=O)O)C1CCCN(C(=O)COc2cccnc2)CC1. The molecule has 2 amide bonds. The van der Waals surface area contributed by atoms with E-state index in [1.54, 1.807) is 29.4 Å². The number of hydrogen-bond donors (Lipinski definition) is 1. The first-order chi connectivity index (χ1) is 12.0. The van der Waals surface area contributed by atoms with Crippen LogP contribution in [0.2, 0.25) is 0 Å². The van der Waals surface area contributed by atoms with Gasteiger partial charge in [-0.1, -0.05) is 0 Å². The number of carbonyl (C=O) groups excluding carboxylic acids is 2. The normalized spacial score (nSPS) is 17.5. The first kappa shape index (κ1) is 18.7. The molecule has 8 nitrogen and oxygen atoms in total. The first-order valence-corrected chi connectivity index (χ1v) is 8.27. The van der Waals surface area contributed by atoms with Crippen molar-refractivity contribution in [2.24, 2.45) is 0 Å². The van der Waals surface area contributed by atoms with E-state index in [0.29, 0.717) is 38.1 Å². The monoisotopic (exact) mass is 349 g/mol. The van der Waals surface area contributed by atoms with Crippen LogP contribution in [0.1, 0.15) is 26.2 Å². The maximum absolute atomic E-state index is 12.3. The first-order valence-electron chi connectivity index (χ1n) is 8.27. The van der Waals surface area contributed by atoms with Crippen molar-refractivity contribution < 1.29 is 24.2 Å². The highest BCUT2D eigenvalue weighted by molar-refractivity contribution is 5.80. The van der Waals surface area contributed by atoms with Gasteiger partial charge in [-0.25, -0.2) is 0 Å². The van der Waals surface area contributed by atoms with E-state index in [1.165, 1.54) is 11.8 Å². The maximum Gasteiger partial charge on any atom is 0.323 e. The molecule has 1 saturated heterocycles. The predicted octanol–water partition coefficient (Wildman–Crippen LogP) is 0.775. The molecule has 25 heavy (non-hydrogen) atoms. The summed E-state index contributed by atoms with van der Waals surface area (Å²) >= 11 is 0. The molecule has 1 aromatic heterocycles. The molecule has 1 atom stereocenters. The zero-order valence-electron chi connectivity index (χ0n) is 14.3. The minimum atomic E-state index is -1.03. The zero-order valence-corrected chi connectivity index (χ0v) is 14.3. The molecule has 1 aliphatic rings. The molecule has 1 aromatic rings. The lowest BCUT2D eigenvalue weighted by Gasteiger charge is -2.28. The van der Waals surface area contributed by atoms with Gasteiger partial charge in [0.05, 0.1) is 6.20 Å². The molecule has 1 fully saturated rings. The Bertz CT molecular complexity index is 608. The quantitative estimate of drug-likeness (QED) is 0.814. The Morgan fingerprint density at radius 3 is 2.80 bits per heavy atom. The van der Waals surface area contributed by atoms with Crippen LogP contribution in [0.5, 0.6) is 5.75 Å². The Morgan fingerprint density at radius 1 is 1.36 bits per heavy atom. The molecule has 1 unspecified atom stereocenters. The summed E-state index contributed by atoms with van der Waals surface area (Å²) in [6, 6.07) is 3.30. The van der Waals surface area contributed by atoms with Crippen molar-refractivity contribution >= 4 is 17.8 Å². The van der Waals surface area contributed by atoms with E-state index in [0.717, 1.165) is 0 Å². The van der Waals surface area contributed by atoms with Gasteiger partial charge in [0.15, 0.2) is 6.61 Å². The minimum Gasteiger partial charge on any atom is -0.482 e. The molecule has 0 radical (unpaired) electrons. The molecule has 1 aliphatic heterocycles. The van der Waals surface area contributed by atoms with Crippen LogP contribution in [0.25, 0.3) is 0 Å². The molecule has 0 bridgehead atoms. The van der Waals surface area contributed by atoms with Crippen LogP contribution >= 0.6 is 0 Å². The van der Waals surface area contributed by atoms with Crippen molar-refractivity contribution in [3.63, 3.8) is 0 Å². The number of aromatic nitrogens is 1. The number of amides is 2. The van der Waals surface area contributed by atoms with Crippen LogP contribution in [-0.2, 0) is 14.4 Å². The van der Waals surface area contributed by atoms with Gasteiger partial charge in [0.2, 0.25) is 5.91 Å². The summed E-state index contributed by atoms with van der Waals surface area (Å²) in [5.41, 5.74) is 0. The highest BCUT2D eigenvalue weighted by Gasteiger charge is 2.27. The van der Waals surface area contributed by atoms with Crippen molar-refractivity contribution in [2.45, 2.75) is 32.2 Å². The summed E-state index contributed by atoms with van der Waals surface area (Å²) in [4.78, 5) is 42.0. The Hall–Kier alpha value is -2.64. The molecule has 0 spiro atoms. The maximum atomic E-state index is 12.3. The lowest BCUT2D eigenvalue weighted by atomic mass is 10.1. The van der Waals surface area contributed by atoms with Gasteiger partial charge in [-0.15, -0.1) is 0 Å². The van der Waals surface area contributed by atoms with Crippen LogP contribution in [0.4, 0.5) is 0 Å². The molecule has 2 heterocycles. The summed E-state index contributed by atoms with van der Waals surface area (Å²) in [5, 5.41) is 8.97. The van der Waals surface area contributed by atoms with Gasteiger partial charge >= 0.3 is 5.97 Å². The number of pyridine rings is 1. The summed E-state index contributed by atoms with van der Waals surface area (Å²) in [7, 11) is 0. The summed E-state index contributed by atoms with van der Waals surface area (Å²) in [6.07, 6.45) is 5.13. The largest absolute Gasteiger partial charge is 0.482 e. The number of rotatable bonds is 6. The third-order valence-electron chi connectivity index (χ3n) is 4.20. The van der Waals surface area contributed by atoms with E-state index < -0.39 is 5.97 Å². The van der Waals surface area contributed by atoms with Crippen LogP contribution < -0.4 is 4.74 Å². The summed E-state index contributed by atoms with van der Waals surface area (Å²) < 4.78 is 5.43. The smallest absolute Gasteiger partial charge is 0.323 e. The Balaban J connectivity index is 1.88. The van der Waals surface area contributed by atoms with Gasteiger partial charge in [-0.3, -0.25) is 19.4 Å². The number of ether oxygens (including phenoxy) is 1. The standard InChI is InChI=1S/C17H23N3O5/c1-13(21)20(11-17(23)24)14-4-3-8-19(9-6-14)16(22)12-25-15-5-2-7-18-10-15/h2,5,7,10,14H,3-4,6,8-9,11-12H2,1H3,(H,23,24). The van der Waals surface area contributed by atoms with Crippen LogP contribution in [0, 0.1) is 0 Å². The molecule has 136 valence electrons. The lowest BCUT2D eigenvalue weighted by molar-refractivity contribution is -0.145. The van der Waals surface area contributed by atoms with Crippen molar-refractivity contribution in [3.05, 3.63) is 24.5 Å². The summed E-state index contributed by atoms with van der Waals surface area (Å²) in [5.74, 6) is -0.880. The Morgan fingerprint density at radius 2 is 2.16 bits per heavy atom. The van der Waals surface area contributed by atoms with Gasteiger partial charge in [0.1, 0.15) is 12.3 Å². The van der Waals surface area contributed by atoms with Crippen LogP contribution in [0.15, 0.2) is 24.5 Å². The number of carboxylic acid groups (broad SMARTS) is 1. The lowest BCUT2D eigenvalue weighted by Crippen LogP contribution is -2.43. The highest BCUT2D eigenvalue weighted by Crippen LogP contribution is 2.18. The molecule has 1 N–H and O–H groups in total. The van der Waals surface area contributed by atoms with E-state index in [2.05, 4.69) is 4.98 Å². The van der Waals surface area contributed by atoms with E-state index in [1.807, 2.05) is 0 Å². The van der Waals surface area contributed by atoms with E-state index in [4.69, 9.17) is 9.84 Å². The minimum absolute atomic E-state index is 0.0676. The van der Waals surface area contributed by atoms with Gasteiger partial charge in [-0.2, -0.15) is 0 Å². The van der Waals surface area contributed by atoms with Gasteiger partial charge in [-0.05, 0) is 31.4 Å². The fourth-order valence-electron chi connectivity index (χ4n) is 2.95. The predicted molar refractivity (Wildman–Crippen MR) is 89.0 cm³/mol. The average molecular weight is 349 g/mol. The number of carbonyl (C=O) groups is 3. The summed E-state index contributed by atoms with van der Waals surface area (Å²) in [6.45, 7) is 2.05. The fourth-order valence-corrected chi connectivity index (χ4v) is 2.95. The van der Waals surface area contributed by atoms with Crippen molar-refractivity contribution in [1.29, 1.82) is 0 Å². The molecule has 0 saturated carbocycles. The molecule has 2 rings (SSSR count). The zero-order chi connectivity index (χ0) is 18.2. The fraction of sp³-hybridized carbons (Fsp3) is 0.529. The van der Waals surface area contributed by atoms with Crippen molar-refractivity contribution in [3.8, 4) is 5.75 Å². The molecular weight excluding hydrogens is 326 g/mol. The van der Waals surface area contributed by atoms with Crippen molar-refractivity contribution in [2.75, 3.05) is 26.2 Å². The molecular formula is C17H23N3O5. The van der Waals surface area contributed by atoms with Crippen LogP contribution in [0.3, 0.4) is 0 Å². The topological polar surface area (TPSA) is 100 Å².